The lowest BCUT2D eigenvalue weighted by Gasteiger charge is -2.48. The summed E-state index contributed by atoms with van der Waals surface area (Å²) in [6.45, 7) is 3.36. The van der Waals surface area contributed by atoms with E-state index in [2.05, 4.69) is 163 Å². The highest BCUT2D eigenvalue weighted by molar-refractivity contribution is 7.01. The maximum atomic E-state index is 12.4. The molecular formula is C38H39NOSi. The van der Waals surface area contributed by atoms with Crippen molar-refractivity contribution in [2.24, 2.45) is 0 Å². The molecule has 2 atom stereocenters. The third kappa shape index (κ3) is 5.10. The van der Waals surface area contributed by atoms with E-state index in [1.807, 2.05) is 0 Å². The van der Waals surface area contributed by atoms with Crippen molar-refractivity contribution in [3.05, 3.63) is 168 Å². The second-order valence-electron chi connectivity index (χ2n) is 11.5. The molecular weight excluding hydrogens is 515 g/mol. The van der Waals surface area contributed by atoms with Crippen molar-refractivity contribution in [2.75, 3.05) is 6.54 Å². The number of likely N-dealkylation sites (tertiary alicyclic amines) is 1. The van der Waals surface area contributed by atoms with Crippen molar-refractivity contribution in [2.45, 2.75) is 43.1 Å². The van der Waals surface area contributed by atoms with Gasteiger partial charge in [-0.15, -0.1) is 0 Å². The molecule has 0 amide bonds. The van der Waals surface area contributed by atoms with Crippen LogP contribution in [0, 0.1) is 0 Å². The first-order valence-corrected chi connectivity index (χ1v) is 17.6. The molecule has 1 aliphatic rings. The second kappa shape index (κ2) is 12.0. The lowest BCUT2D eigenvalue weighted by Crippen LogP contribution is -2.60. The van der Waals surface area contributed by atoms with Gasteiger partial charge in [0.1, 0.15) is 8.07 Å². The Hall–Kier alpha value is -3.76. The molecule has 0 bridgehead atoms. The first kappa shape index (κ1) is 27.4. The molecule has 1 fully saturated rings. The third-order valence-electron chi connectivity index (χ3n) is 9.19. The van der Waals surface area contributed by atoms with Crippen LogP contribution in [-0.2, 0) is 5.54 Å². The fourth-order valence-corrected chi connectivity index (χ4v) is 11.0. The minimum Gasteiger partial charge on any atom is -0.392 e. The molecule has 3 heteroatoms. The predicted octanol–water partition coefficient (Wildman–Crippen LogP) is 6.70. The van der Waals surface area contributed by atoms with Crippen LogP contribution in [0.2, 0.25) is 12.6 Å². The van der Waals surface area contributed by atoms with Crippen LogP contribution in [0.3, 0.4) is 0 Å². The van der Waals surface area contributed by atoms with E-state index in [0.717, 1.165) is 25.4 Å². The molecule has 5 aromatic rings. The zero-order valence-electron chi connectivity index (χ0n) is 23.8. The fourth-order valence-electron chi connectivity index (χ4n) is 7.21. The van der Waals surface area contributed by atoms with Crippen molar-refractivity contribution < 1.29 is 5.11 Å². The highest BCUT2D eigenvalue weighted by Gasteiger charge is 2.49. The van der Waals surface area contributed by atoms with Crippen LogP contribution >= 0.6 is 0 Å². The molecule has 0 aromatic heterocycles. The van der Waals surface area contributed by atoms with Crippen LogP contribution in [0.1, 0.15) is 29.5 Å². The largest absolute Gasteiger partial charge is 0.392 e. The number of aliphatic hydroxyl groups excluding tert-OH is 1. The van der Waals surface area contributed by atoms with E-state index < -0.39 is 19.7 Å². The lowest BCUT2D eigenvalue weighted by molar-refractivity contribution is 0.0431. The van der Waals surface area contributed by atoms with Gasteiger partial charge >= 0.3 is 0 Å². The molecule has 1 heterocycles. The molecule has 0 spiro atoms. The minimum atomic E-state index is -2.24. The quantitative estimate of drug-likeness (QED) is 0.162. The molecule has 0 aliphatic carbocycles. The van der Waals surface area contributed by atoms with Gasteiger partial charge in [0.05, 0.1) is 11.6 Å². The van der Waals surface area contributed by atoms with Crippen LogP contribution in [-0.4, -0.2) is 36.8 Å². The maximum Gasteiger partial charge on any atom is 0.117 e. The summed E-state index contributed by atoms with van der Waals surface area (Å²) in [5.74, 6) is 0. The molecule has 0 radical (unpaired) electrons. The summed E-state index contributed by atoms with van der Waals surface area (Å²) < 4.78 is 0. The van der Waals surface area contributed by atoms with Crippen molar-refractivity contribution in [3.8, 4) is 0 Å². The number of hydrogen-bond acceptors (Lipinski definition) is 2. The lowest BCUT2D eigenvalue weighted by atomic mass is 9.75. The zero-order valence-corrected chi connectivity index (χ0v) is 24.8. The molecule has 41 heavy (non-hydrogen) atoms. The highest BCUT2D eigenvalue weighted by Crippen LogP contribution is 2.46. The minimum absolute atomic E-state index is 0.0230. The Labute approximate surface area is 246 Å². The van der Waals surface area contributed by atoms with Gasteiger partial charge in [0.25, 0.3) is 0 Å². The van der Waals surface area contributed by atoms with E-state index in [0.29, 0.717) is 0 Å². The Morgan fingerprint density at radius 2 is 1.00 bits per heavy atom. The number of benzene rings is 5. The monoisotopic (exact) mass is 553 g/mol. The van der Waals surface area contributed by atoms with E-state index in [4.69, 9.17) is 0 Å². The molecule has 2 nitrogen and oxygen atoms in total. The topological polar surface area (TPSA) is 23.5 Å². The van der Waals surface area contributed by atoms with Gasteiger partial charge in [-0.05, 0) is 35.6 Å². The Balaban J connectivity index is 1.48. The van der Waals surface area contributed by atoms with Crippen molar-refractivity contribution >= 4 is 18.4 Å². The van der Waals surface area contributed by atoms with Gasteiger partial charge in [0.2, 0.25) is 0 Å². The van der Waals surface area contributed by atoms with E-state index in [1.54, 1.807) is 0 Å². The van der Waals surface area contributed by atoms with Crippen LogP contribution in [0.5, 0.6) is 0 Å². The smallest absolute Gasteiger partial charge is 0.117 e. The third-order valence-corrected chi connectivity index (χ3v) is 13.6. The first-order chi connectivity index (χ1) is 20.1. The van der Waals surface area contributed by atoms with Crippen molar-refractivity contribution in [1.29, 1.82) is 0 Å². The predicted molar refractivity (Wildman–Crippen MR) is 174 cm³/mol. The van der Waals surface area contributed by atoms with E-state index in [-0.39, 0.29) is 6.04 Å². The summed E-state index contributed by atoms with van der Waals surface area (Å²) in [6.07, 6.45) is 1.57. The molecule has 206 valence electrons. The van der Waals surface area contributed by atoms with E-state index in [9.17, 15) is 5.11 Å². The maximum absolute atomic E-state index is 12.4. The number of rotatable bonds is 9. The first-order valence-electron chi connectivity index (χ1n) is 14.9. The normalized spacial score (nSPS) is 16.9. The number of nitrogens with zero attached hydrogens (tertiary/aromatic N) is 1. The molecule has 1 N–H and O–H groups in total. The van der Waals surface area contributed by atoms with Gasteiger partial charge in [0, 0.05) is 12.6 Å². The summed E-state index contributed by atoms with van der Waals surface area (Å²) in [5, 5.41) is 15.1. The average Bonchev–Trinajstić information content (AvgIpc) is 3.54. The standard InChI is InChI=1S/C38H39NOSi/c1-41(34-24-13-5-14-25-34,35-26-15-6-16-27-35)30-37(40)36-28-17-29-39(36)38(31-18-7-2-8-19-31,32-20-9-3-10-21-32)33-22-11-4-12-23-33/h2-16,18-27,36-37,40H,17,28-30H2,1H3/t36-,37?/m0/s1. The highest BCUT2D eigenvalue weighted by atomic mass is 28.3. The summed E-state index contributed by atoms with van der Waals surface area (Å²) in [6, 6.07) is 55.3. The fraction of sp³-hybridized carbons (Fsp3) is 0.211. The molecule has 5 aromatic carbocycles. The summed E-state index contributed by atoms with van der Waals surface area (Å²) in [7, 11) is -2.24. The Morgan fingerprint density at radius 1 is 0.634 bits per heavy atom. The van der Waals surface area contributed by atoms with Gasteiger partial charge < -0.3 is 5.11 Å². The van der Waals surface area contributed by atoms with Gasteiger partial charge in [-0.1, -0.05) is 169 Å². The Kier molecular flexibility index (Phi) is 8.02. The molecule has 1 unspecified atom stereocenters. The number of aliphatic hydroxyl groups is 1. The van der Waals surface area contributed by atoms with Gasteiger partial charge in [-0.25, -0.2) is 0 Å². The molecule has 1 aliphatic heterocycles. The summed E-state index contributed by atoms with van der Waals surface area (Å²) >= 11 is 0. The zero-order chi connectivity index (χ0) is 28.1. The van der Waals surface area contributed by atoms with Gasteiger partial charge in [0.15, 0.2) is 0 Å². The second-order valence-corrected chi connectivity index (χ2v) is 15.8. The van der Waals surface area contributed by atoms with Crippen LogP contribution in [0.15, 0.2) is 152 Å². The van der Waals surface area contributed by atoms with Crippen molar-refractivity contribution in [1.82, 2.24) is 4.90 Å². The van der Waals surface area contributed by atoms with E-state index >= 15 is 0 Å². The Morgan fingerprint density at radius 3 is 1.39 bits per heavy atom. The van der Waals surface area contributed by atoms with Gasteiger partial charge in [-0.2, -0.15) is 0 Å². The van der Waals surface area contributed by atoms with Crippen LogP contribution in [0.25, 0.3) is 0 Å². The Bertz CT molecular complexity index is 1370. The SMILES string of the molecule is C[Si](CC(O)[C@@H]1CCCN1C(c1ccccc1)(c1ccccc1)c1ccccc1)(c1ccccc1)c1ccccc1. The summed E-state index contributed by atoms with van der Waals surface area (Å²) in [4.78, 5) is 2.63. The van der Waals surface area contributed by atoms with Gasteiger partial charge in [-0.3, -0.25) is 4.90 Å². The average molecular weight is 554 g/mol. The number of hydrogen-bond donors (Lipinski definition) is 1. The van der Waals surface area contributed by atoms with Crippen LogP contribution in [0.4, 0.5) is 0 Å². The van der Waals surface area contributed by atoms with E-state index in [1.165, 1.54) is 27.1 Å². The molecule has 6 rings (SSSR count). The molecule has 0 saturated carbocycles. The van der Waals surface area contributed by atoms with Crippen LogP contribution < -0.4 is 10.4 Å². The van der Waals surface area contributed by atoms with Crippen molar-refractivity contribution in [3.63, 3.8) is 0 Å². The molecule has 1 saturated heterocycles. The summed E-state index contributed by atoms with van der Waals surface area (Å²) in [5.41, 5.74) is 3.21.